The van der Waals surface area contributed by atoms with Crippen LogP contribution in [0.15, 0.2) is 12.1 Å². The van der Waals surface area contributed by atoms with E-state index >= 15 is 0 Å². The summed E-state index contributed by atoms with van der Waals surface area (Å²) in [5.41, 5.74) is 2.89. The highest BCUT2D eigenvalue weighted by atomic mass is 16.7. The van der Waals surface area contributed by atoms with E-state index in [0.717, 1.165) is 30.3 Å². The van der Waals surface area contributed by atoms with Crippen molar-refractivity contribution in [1.29, 1.82) is 0 Å². The molecular formula is C18H24NO2+. The smallest absolute Gasteiger partial charge is 0.231 e. The summed E-state index contributed by atoms with van der Waals surface area (Å²) in [7, 11) is 0. The zero-order valence-corrected chi connectivity index (χ0v) is 12.8. The average Bonchev–Trinajstić information content (AvgIpc) is 2.88. The standard InChI is InChI=1S/C18H24NO2/c1-2-7-19-8-3-4-13-10-16-14(9-15(13)11-19)5-6-17-18(16)21-12-20-17/h5-6,11,13,15H,2-4,7-10,12H2,1H3/q+1/t13-,15?/m1/s1. The second-order valence-electron chi connectivity index (χ2n) is 6.60. The van der Waals surface area contributed by atoms with Crippen molar-refractivity contribution in [3.05, 3.63) is 23.3 Å². The number of fused-ring (bicyclic) bond motifs is 4. The molecule has 0 amide bonds. The number of benzene rings is 1. The van der Waals surface area contributed by atoms with E-state index in [4.69, 9.17) is 9.47 Å². The van der Waals surface area contributed by atoms with Gasteiger partial charge in [0.15, 0.2) is 11.5 Å². The maximum atomic E-state index is 5.72. The van der Waals surface area contributed by atoms with Crippen LogP contribution in [-0.4, -0.2) is 30.7 Å². The molecule has 1 aromatic carbocycles. The molecule has 2 heterocycles. The summed E-state index contributed by atoms with van der Waals surface area (Å²) in [6.45, 7) is 5.09. The van der Waals surface area contributed by atoms with Crippen molar-refractivity contribution in [2.45, 2.75) is 39.0 Å². The van der Waals surface area contributed by atoms with Crippen LogP contribution >= 0.6 is 0 Å². The largest absolute Gasteiger partial charge is 0.454 e. The fourth-order valence-electron chi connectivity index (χ4n) is 4.19. The van der Waals surface area contributed by atoms with Gasteiger partial charge < -0.3 is 9.47 Å². The van der Waals surface area contributed by atoms with Gasteiger partial charge in [0.1, 0.15) is 19.3 Å². The molecule has 0 aromatic heterocycles. The quantitative estimate of drug-likeness (QED) is 0.779. The van der Waals surface area contributed by atoms with Crippen molar-refractivity contribution in [3.63, 3.8) is 0 Å². The highest BCUT2D eigenvalue weighted by Crippen LogP contribution is 2.44. The minimum absolute atomic E-state index is 0.385. The molecule has 0 saturated heterocycles. The van der Waals surface area contributed by atoms with Crippen LogP contribution in [0.1, 0.15) is 37.3 Å². The Balaban J connectivity index is 1.66. The molecule has 3 aliphatic rings. The summed E-state index contributed by atoms with van der Waals surface area (Å²) >= 11 is 0. The zero-order valence-electron chi connectivity index (χ0n) is 12.8. The third kappa shape index (κ3) is 2.33. The lowest BCUT2D eigenvalue weighted by molar-refractivity contribution is -0.524. The SMILES string of the molecule is CCC[N+]1=CC2Cc3ccc4c(c3C[C@H]2CCC1)OCO4. The molecule has 0 spiro atoms. The van der Waals surface area contributed by atoms with Crippen LogP contribution in [0.4, 0.5) is 0 Å². The third-order valence-electron chi connectivity index (χ3n) is 5.20. The summed E-state index contributed by atoms with van der Waals surface area (Å²) in [5.74, 6) is 3.44. The molecule has 21 heavy (non-hydrogen) atoms. The van der Waals surface area contributed by atoms with Crippen LogP contribution in [0.5, 0.6) is 11.5 Å². The lowest BCUT2D eigenvalue weighted by Crippen LogP contribution is -2.28. The Hall–Kier alpha value is -1.51. The van der Waals surface area contributed by atoms with Crippen LogP contribution in [-0.2, 0) is 12.8 Å². The van der Waals surface area contributed by atoms with Crippen LogP contribution in [0.2, 0.25) is 0 Å². The first kappa shape index (κ1) is 13.2. The first-order valence-corrected chi connectivity index (χ1v) is 8.34. The first-order chi connectivity index (χ1) is 10.3. The number of hydrogen-bond acceptors (Lipinski definition) is 2. The summed E-state index contributed by atoms with van der Waals surface area (Å²) < 4.78 is 13.8. The molecule has 1 unspecified atom stereocenters. The molecular weight excluding hydrogens is 262 g/mol. The predicted octanol–water partition coefficient (Wildman–Crippen LogP) is 3.03. The van der Waals surface area contributed by atoms with Crippen molar-refractivity contribution in [2.24, 2.45) is 11.8 Å². The second-order valence-corrected chi connectivity index (χ2v) is 6.60. The fraction of sp³-hybridized carbons (Fsp3) is 0.611. The Morgan fingerprint density at radius 2 is 2.19 bits per heavy atom. The second kappa shape index (κ2) is 5.36. The predicted molar refractivity (Wildman–Crippen MR) is 82.5 cm³/mol. The molecule has 0 bridgehead atoms. The highest BCUT2D eigenvalue weighted by Gasteiger charge is 2.35. The molecule has 3 nitrogen and oxygen atoms in total. The van der Waals surface area contributed by atoms with Gasteiger partial charge in [-0.2, -0.15) is 0 Å². The van der Waals surface area contributed by atoms with Crippen LogP contribution < -0.4 is 9.47 Å². The third-order valence-corrected chi connectivity index (χ3v) is 5.20. The Bertz CT molecular complexity index is 579. The normalized spacial score (nSPS) is 26.6. The maximum Gasteiger partial charge on any atom is 0.231 e. The lowest BCUT2D eigenvalue weighted by atomic mass is 9.74. The molecule has 0 N–H and O–H groups in total. The van der Waals surface area contributed by atoms with E-state index in [1.54, 1.807) is 0 Å². The Morgan fingerprint density at radius 1 is 1.24 bits per heavy atom. The van der Waals surface area contributed by atoms with Gasteiger partial charge in [0, 0.05) is 24.3 Å². The Labute approximate surface area is 126 Å². The summed E-state index contributed by atoms with van der Waals surface area (Å²) in [5, 5.41) is 0. The van der Waals surface area contributed by atoms with Crippen LogP contribution in [0.25, 0.3) is 0 Å². The molecule has 112 valence electrons. The molecule has 3 heteroatoms. The van der Waals surface area contributed by atoms with Gasteiger partial charge in [-0.05, 0) is 36.8 Å². The van der Waals surface area contributed by atoms with E-state index in [0.29, 0.717) is 12.7 Å². The van der Waals surface area contributed by atoms with Gasteiger partial charge in [-0.15, -0.1) is 0 Å². The number of ether oxygens (including phenoxy) is 2. The van der Waals surface area contributed by atoms with Crippen molar-refractivity contribution >= 4 is 6.21 Å². The van der Waals surface area contributed by atoms with Crippen molar-refractivity contribution in [1.82, 2.24) is 0 Å². The number of hydrogen-bond donors (Lipinski definition) is 0. The highest BCUT2D eigenvalue weighted by molar-refractivity contribution is 5.61. The van der Waals surface area contributed by atoms with E-state index in [2.05, 4.69) is 29.8 Å². The lowest BCUT2D eigenvalue weighted by Gasteiger charge is -2.29. The molecule has 4 rings (SSSR count). The van der Waals surface area contributed by atoms with E-state index in [-0.39, 0.29) is 0 Å². The van der Waals surface area contributed by atoms with Gasteiger partial charge >= 0.3 is 0 Å². The van der Waals surface area contributed by atoms with Gasteiger partial charge in [-0.1, -0.05) is 13.0 Å². The van der Waals surface area contributed by atoms with Gasteiger partial charge in [0.2, 0.25) is 6.79 Å². The van der Waals surface area contributed by atoms with Crippen LogP contribution in [0, 0.1) is 11.8 Å². The minimum atomic E-state index is 0.385. The molecule has 0 saturated carbocycles. The molecule has 2 aliphatic heterocycles. The molecule has 1 aliphatic carbocycles. The monoisotopic (exact) mass is 286 g/mol. The van der Waals surface area contributed by atoms with Gasteiger partial charge in [0.05, 0.1) is 0 Å². The molecule has 0 fully saturated rings. The van der Waals surface area contributed by atoms with E-state index in [1.807, 2.05) is 0 Å². The van der Waals surface area contributed by atoms with Gasteiger partial charge in [-0.25, -0.2) is 4.58 Å². The maximum absolute atomic E-state index is 5.72. The Kier molecular flexibility index (Phi) is 3.36. The van der Waals surface area contributed by atoms with Gasteiger partial charge in [-0.3, -0.25) is 0 Å². The van der Waals surface area contributed by atoms with Crippen molar-refractivity contribution < 1.29 is 14.0 Å². The number of rotatable bonds is 2. The van der Waals surface area contributed by atoms with Crippen LogP contribution in [0.3, 0.4) is 0 Å². The molecule has 1 aromatic rings. The molecule has 0 radical (unpaired) electrons. The summed E-state index contributed by atoms with van der Waals surface area (Å²) in [4.78, 5) is 0. The summed E-state index contributed by atoms with van der Waals surface area (Å²) in [6.07, 6.45) is 8.75. The Morgan fingerprint density at radius 3 is 3.10 bits per heavy atom. The molecule has 2 atom stereocenters. The minimum Gasteiger partial charge on any atom is -0.454 e. The van der Waals surface area contributed by atoms with Gasteiger partial charge in [0.25, 0.3) is 0 Å². The van der Waals surface area contributed by atoms with E-state index in [1.165, 1.54) is 43.5 Å². The van der Waals surface area contributed by atoms with E-state index in [9.17, 15) is 0 Å². The zero-order chi connectivity index (χ0) is 14.2. The first-order valence-electron chi connectivity index (χ1n) is 8.34. The van der Waals surface area contributed by atoms with Crippen molar-refractivity contribution in [2.75, 3.05) is 19.9 Å². The fourth-order valence-corrected chi connectivity index (χ4v) is 4.19. The topological polar surface area (TPSA) is 21.5 Å². The summed E-state index contributed by atoms with van der Waals surface area (Å²) in [6, 6.07) is 4.34. The van der Waals surface area contributed by atoms with Crippen molar-refractivity contribution in [3.8, 4) is 11.5 Å². The number of nitrogens with zero attached hydrogens (tertiary/aromatic N) is 1. The average molecular weight is 286 g/mol. The van der Waals surface area contributed by atoms with E-state index < -0.39 is 0 Å².